The van der Waals surface area contributed by atoms with Gasteiger partial charge in [-0.2, -0.15) is 5.10 Å². The smallest absolute Gasteiger partial charge is 0.212 e. The Kier molecular flexibility index (Phi) is 5.38. The summed E-state index contributed by atoms with van der Waals surface area (Å²) in [7, 11) is 0. The molecule has 152 valence electrons. The molecule has 1 amide bonds. The Bertz CT molecular complexity index is 1190. The number of nitrogen functional groups attached to an aromatic ring is 1. The van der Waals surface area contributed by atoms with E-state index in [-0.39, 0.29) is 5.69 Å². The molecule has 0 saturated heterocycles. The first-order chi connectivity index (χ1) is 14.6. The van der Waals surface area contributed by atoms with Crippen molar-refractivity contribution in [1.82, 2.24) is 20.2 Å². The van der Waals surface area contributed by atoms with E-state index in [4.69, 9.17) is 5.73 Å². The fraction of sp³-hybridized carbons (Fsp3) is 0.182. The highest BCUT2D eigenvalue weighted by Gasteiger charge is 2.24. The van der Waals surface area contributed by atoms with Crippen molar-refractivity contribution in [2.45, 2.75) is 25.7 Å². The van der Waals surface area contributed by atoms with Gasteiger partial charge in [0.25, 0.3) is 0 Å². The minimum atomic E-state index is -0.499. The van der Waals surface area contributed by atoms with Crippen LogP contribution in [0.25, 0.3) is 21.9 Å². The number of benzene rings is 1. The first-order valence-corrected chi connectivity index (χ1v) is 9.56. The molecule has 3 aromatic heterocycles. The predicted octanol–water partition coefficient (Wildman–Crippen LogP) is 4.18. The van der Waals surface area contributed by atoms with Crippen LogP contribution in [0.15, 0.2) is 49.1 Å². The lowest BCUT2D eigenvalue weighted by atomic mass is 9.98. The fourth-order valence-corrected chi connectivity index (χ4v) is 3.27. The zero-order chi connectivity index (χ0) is 21.1. The summed E-state index contributed by atoms with van der Waals surface area (Å²) in [5.74, 6) is 0.696. The summed E-state index contributed by atoms with van der Waals surface area (Å²) in [6.45, 7) is 1.88. The molecule has 0 radical (unpaired) electrons. The number of carbonyl (C=O) groups is 1. The molecule has 0 unspecified atom stereocenters. The molecule has 1 fully saturated rings. The van der Waals surface area contributed by atoms with Crippen LogP contribution in [0.3, 0.4) is 0 Å². The number of nitrogens with two attached hydrogens (primary N) is 1. The van der Waals surface area contributed by atoms with E-state index in [0.717, 1.165) is 11.5 Å². The number of aromatic amines is 1. The van der Waals surface area contributed by atoms with E-state index in [1.54, 1.807) is 30.6 Å². The Hall–Kier alpha value is -3.81. The van der Waals surface area contributed by atoms with Crippen LogP contribution in [-0.2, 0) is 4.79 Å². The van der Waals surface area contributed by atoms with Gasteiger partial charge in [0.2, 0.25) is 6.41 Å². The molecular formula is C22H21FN6O. The summed E-state index contributed by atoms with van der Waals surface area (Å²) in [6, 6.07) is 7.19. The highest BCUT2D eigenvalue weighted by Crippen LogP contribution is 2.38. The first-order valence-electron chi connectivity index (χ1n) is 9.56. The largest absolute Gasteiger partial charge is 0.396 e. The third-order valence-corrected chi connectivity index (χ3v) is 5.07. The highest BCUT2D eigenvalue weighted by molar-refractivity contribution is 5.98. The van der Waals surface area contributed by atoms with Crippen LogP contribution >= 0.6 is 0 Å². The molecule has 1 aliphatic carbocycles. The summed E-state index contributed by atoms with van der Waals surface area (Å²) in [5.41, 5.74) is 9.19. The second kappa shape index (κ2) is 8.28. The molecule has 4 N–H and O–H groups in total. The van der Waals surface area contributed by atoms with Gasteiger partial charge in [0, 0.05) is 52.9 Å². The molecule has 0 atom stereocenters. The van der Waals surface area contributed by atoms with Gasteiger partial charge in [-0.15, -0.1) is 0 Å². The van der Waals surface area contributed by atoms with Crippen LogP contribution in [0.5, 0.6) is 0 Å². The monoisotopic (exact) mass is 404 g/mol. The summed E-state index contributed by atoms with van der Waals surface area (Å²) < 4.78 is 14.6. The summed E-state index contributed by atoms with van der Waals surface area (Å²) in [5, 5.41) is 10.5. The van der Waals surface area contributed by atoms with Crippen molar-refractivity contribution in [2.24, 2.45) is 0 Å². The molecule has 3 heterocycles. The van der Waals surface area contributed by atoms with Crippen molar-refractivity contribution < 1.29 is 9.18 Å². The van der Waals surface area contributed by atoms with E-state index in [1.165, 1.54) is 24.7 Å². The average Bonchev–Trinajstić information content (AvgIpc) is 3.46. The highest BCUT2D eigenvalue weighted by atomic mass is 19.1. The maximum absolute atomic E-state index is 14.6. The predicted molar refractivity (Wildman–Crippen MR) is 114 cm³/mol. The number of hydrogen-bond acceptors (Lipinski definition) is 5. The third kappa shape index (κ3) is 3.98. The van der Waals surface area contributed by atoms with Crippen molar-refractivity contribution in [2.75, 3.05) is 11.1 Å². The molecule has 8 heteroatoms. The maximum atomic E-state index is 14.6. The number of nitrogens with one attached hydrogen (secondary N) is 2. The van der Waals surface area contributed by atoms with Crippen LogP contribution in [0.4, 0.5) is 15.9 Å². The van der Waals surface area contributed by atoms with E-state index in [9.17, 15) is 9.18 Å². The molecule has 0 spiro atoms. The lowest BCUT2D eigenvalue weighted by Crippen LogP contribution is -2.00. The number of carbonyl (C=O) groups excluding carboxylic acids is 1. The molecule has 1 aliphatic rings. The van der Waals surface area contributed by atoms with E-state index < -0.39 is 5.82 Å². The number of halogens is 1. The van der Waals surface area contributed by atoms with Crippen molar-refractivity contribution in [3.63, 3.8) is 0 Å². The van der Waals surface area contributed by atoms with Gasteiger partial charge in [0.15, 0.2) is 5.82 Å². The van der Waals surface area contributed by atoms with Crippen LogP contribution in [-0.4, -0.2) is 26.6 Å². The number of pyridine rings is 2. The molecule has 0 aliphatic heterocycles. The number of aryl methyl sites for hydroxylation is 1. The molecule has 1 aromatic carbocycles. The van der Waals surface area contributed by atoms with E-state index in [1.807, 2.05) is 13.1 Å². The number of hydrogen-bond donors (Lipinski definition) is 3. The van der Waals surface area contributed by atoms with Gasteiger partial charge < -0.3 is 11.1 Å². The van der Waals surface area contributed by atoms with Crippen molar-refractivity contribution in [3.05, 3.63) is 66.1 Å². The second-order valence-corrected chi connectivity index (χ2v) is 7.18. The normalized spacial score (nSPS) is 12.9. The Labute approximate surface area is 172 Å². The van der Waals surface area contributed by atoms with E-state index in [2.05, 4.69) is 31.5 Å². The minimum absolute atomic E-state index is 0.0286. The molecule has 5 rings (SSSR count). The second-order valence-electron chi connectivity index (χ2n) is 7.18. The molecule has 1 saturated carbocycles. The molecule has 4 aromatic rings. The van der Waals surface area contributed by atoms with Gasteiger partial charge in [-0.3, -0.25) is 14.9 Å². The van der Waals surface area contributed by atoms with Crippen molar-refractivity contribution in [1.29, 1.82) is 0 Å². The van der Waals surface area contributed by atoms with Crippen molar-refractivity contribution in [3.8, 4) is 11.1 Å². The Morgan fingerprint density at radius 1 is 1.20 bits per heavy atom. The summed E-state index contributed by atoms with van der Waals surface area (Å²) in [4.78, 5) is 18.6. The summed E-state index contributed by atoms with van der Waals surface area (Å²) in [6.07, 6.45) is 9.74. The number of rotatable bonds is 4. The first kappa shape index (κ1) is 19.5. The third-order valence-electron chi connectivity index (χ3n) is 5.07. The zero-order valence-electron chi connectivity index (χ0n) is 16.4. The topological polar surface area (TPSA) is 110 Å². The fourth-order valence-electron chi connectivity index (χ4n) is 3.27. The zero-order valence-corrected chi connectivity index (χ0v) is 16.4. The van der Waals surface area contributed by atoms with E-state index in [0.29, 0.717) is 34.1 Å². The molecule has 0 bridgehead atoms. The number of anilines is 2. The van der Waals surface area contributed by atoms with Crippen molar-refractivity contribution >= 4 is 28.7 Å². The SMILES string of the molecule is Cc1ccncc1-c1cc2cc(NC=O)ncc2c(N)c1F.c1cc(C2CC2)[nH]n1. The summed E-state index contributed by atoms with van der Waals surface area (Å²) >= 11 is 0. The van der Waals surface area contributed by atoms with Gasteiger partial charge in [-0.1, -0.05) is 0 Å². The Balaban J connectivity index is 0.000000225. The van der Waals surface area contributed by atoms with Gasteiger partial charge in [0.1, 0.15) is 5.82 Å². The minimum Gasteiger partial charge on any atom is -0.396 e. The van der Waals surface area contributed by atoms with Gasteiger partial charge >= 0.3 is 0 Å². The Morgan fingerprint density at radius 3 is 2.70 bits per heavy atom. The van der Waals surface area contributed by atoms with E-state index >= 15 is 0 Å². The van der Waals surface area contributed by atoms with Gasteiger partial charge in [0.05, 0.1) is 5.69 Å². The van der Waals surface area contributed by atoms with Crippen LogP contribution in [0.2, 0.25) is 0 Å². The maximum Gasteiger partial charge on any atom is 0.212 e. The van der Waals surface area contributed by atoms with Crippen LogP contribution in [0.1, 0.15) is 30.0 Å². The standard InChI is InChI=1S/C16H13FN4O.C6H8N2/c1-9-2-3-19-6-12(9)11-4-10-5-14(21-8-22)20-7-13(10)16(18)15(11)17;1-2-5(1)6-3-4-7-8-6/h2-8H,18H2,1H3,(H,20,21,22);3-5H,1-2H2,(H,7,8). The van der Waals surface area contributed by atoms with Crippen LogP contribution in [0, 0.1) is 12.7 Å². The molecule has 30 heavy (non-hydrogen) atoms. The molecule has 7 nitrogen and oxygen atoms in total. The number of fused-ring (bicyclic) bond motifs is 1. The number of H-pyrrole nitrogens is 1. The average molecular weight is 404 g/mol. The van der Waals surface area contributed by atoms with Crippen LogP contribution < -0.4 is 11.1 Å². The van der Waals surface area contributed by atoms with Gasteiger partial charge in [-0.25, -0.2) is 9.37 Å². The lowest BCUT2D eigenvalue weighted by molar-refractivity contribution is -0.105. The number of amides is 1. The Morgan fingerprint density at radius 2 is 2.03 bits per heavy atom. The quantitative estimate of drug-likeness (QED) is 0.349. The molecular weight excluding hydrogens is 383 g/mol. The van der Waals surface area contributed by atoms with Gasteiger partial charge in [-0.05, 0) is 55.0 Å². The number of aromatic nitrogens is 4. The number of nitrogens with zero attached hydrogens (tertiary/aromatic N) is 3. The lowest BCUT2D eigenvalue weighted by Gasteiger charge is -2.12.